The summed E-state index contributed by atoms with van der Waals surface area (Å²) < 4.78 is 0. The normalized spacial score (nSPS) is 27.1. The molecule has 1 saturated carbocycles. The van der Waals surface area contributed by atoms with Crippen molar-refractivity contribution in [2.24, 2.45) is 4.99 Å². The van der Waals surface area contributed by atoms with Gasteiger partial charge in [-0.15, -0.1) is 12.4 Å². The zero-order valence-corrected chi connectivity index (χ0v) is 13.0. The molecule has 110 valence electrons. The van der Waals surface area contributed by atoms with Crippen LogP contribution in [0.2, 0.25) is 0 Å². The highest BCUT2D eigenvalue weighted by atomic mass is 35.5. The Kier molecular flexibility index (Phi) is 7.00. The zero-order valence-electron chi connectivity index (χ0n) is 11.4. The van der Waals surface area contributed by atoms with Crippen molar-refractivity contribution in [3.8, 4) is 0 Å². The lowest BCUT2D eigenvalue weighted by Gasteiger charge is -2.20. The van der Waals surface area contributed by atoms with Crippen LogP contribution >= 0.6 is 24.2 Å². The first kappa shape index (κ1) is 16.6. The van der Waals surface area contributed by atoms with Gasteiger partial charge in [-0.05, 0) is 12.8 Å². The monoisotopic (exact) mass is 306 g/mol. The number of carbonyl (C=O) groups is 1. The molecule has 0 aromatic rings. The van der Waals surface area contributed by atoms with Crippen molar-refractivity contribution < 1.29 is 9.90 Å². The molecule has 4 nitrogen and oxygen atoms in total. The van der Waals surface area contributed by atoms with Crippen molar-refractivity contribution in [3.63, 3.8) is 0 Å². The highest BCUT2D eigenvalue weighted by Crippen LogP contribution is 2.27. The van der Waals surface area contributed by atoms with E-state index in [1.807, 2.05) is 7.05 Å². The van der Waals surface area contributed by atoms with E-state index in [0.29, 0.717) is 6.04 Å². The first-order valence-corrected chi connectivity index (χ1v) is 7.80. The molecular formula is C13H23ClN2O2S. The van der Waals surface area contributed by atoms with Gasteiger partial charge in [0, 0.05) is 12.8 Å². The molecule has 1 aliphatic heterocycles. The third kappa shape index (κ3) is 4.88. The largest absolute Gasteiger partial charge is 0.481 e. The van der Waals surface area contributed by atoms with E-state index in [0.717, 1.165) is 10.9 Å². The number of hydrogen-bond donors (Lipinski definition) is 1. The number of aliphatic imine (C=N–C) groups is 1. The van der Waals surface area contributed by atoms with E-state index in [2.05, 4.69) is 4.90 Å². The fourth-order valence-corrected chi connectivity index (χ4v) is 3.87. The summed E-state index contributed by atoms with van der Waals surface area (Å²) in [6.45, 7) is 0. The van der Waals surface area contributed by atoms with Crippen LogP contribution in [0.4, 0.5) is 0 Å². The Labute approximate surface area is 125 Å². The molecule has 2 aliphatic rings. The van der Waals surface area contributed by atoms with Crippen LogP contribution in [0.3, 0.4) is 0 Å². The van der Waals surface area contributed by atoms with Crippen LogP contribution in [-0.2, 0) is 4.79 Å². The quantitative estimate of drug-likeness (QED) is 0.814. The molecule has 0 aromatic heterocycles. The van der Waals surface area contributed by atoms with Crippen LogP contribution in [0, 0.1) is 0 Å². The third-order valence-corrected chi connectivity index (χ3v) is 4.99. The van der Waals surface area contributed by atoms with Gasteiger partial charge in [0.1, 0.15) is 0 Å². The Balaban J connectivity index is 0.00000180. The predicted molar refractivity (Wildman–Crippen MR) is 82.4 cm³/mol. The first-order chi connectivity index (χ1) is 8.66. The highest BCUT2D eigenvalue weighted by molar-refractivity contribution is 8.14. The van der Waals surface area contributed by atoms with E-state index in [9.17, 15) is 4.79 Å². The fraction of sp³-hybridized carbons (Fsp3) is 0.846. The number of thioether (sulfide) groups is 1. The van der Waals surface area contributed by atoms with Gasteiger partial charge >= 0.3 is 5.97 Å². The lowest BCUT2D eigenvalue weighted by atomic mass is 10.1. The van der Waals surface area contributed by atoms with E-state index >= 15 is 0 Å². The number of halogens is 1. The van der Waals surface area contributed by atoms with E-state index in [-0.39, 0.29) is 24.9 Å². The van der Waals surface area contributed by atoms with Crippen LogP contribution in [0.25, 0.3) is 0 Å². The van der Waals surface area contributed by atoms with Crippen molar-refractivity contribution in [3.05, 3.63) is 0 Å². The smallest absolute Gasteiger partial charge is 0.305 e. The lowest BCUT2D eigenvalue weighted by Crippen LogP contribution is -2.32. The minimum absolute atomic E-state index is 0. The third-order valence-electron chi connectivity index (χ3n) is 3.78. The first-order valence-electron chi connectivity index (χ1n) is 6.82. The molecule has 1 aliphatic carbocycles. The Morgan fingerprint density at radius 1 is 1.37 bits per heavy atom. The Morgan fingerprint density at radius 3 is 2.58 bits per heavy atom. The molecule has 0 amide bonds. The van der Waals surface area contributed by atoms with Crippen molar-refractivity contribution in [1.29, 1.82) is 0 Å². The molecule has 2 fully saturated rings. The van der Waals surface area contributed by atoms with E-state index in [4.69, 9.17) is 10.1 Å². The topological polar surface area (TPSA) is 52.9 Å². The summed E-state index contributed by atoms with van der Waals surface area (Å²) in [5.74, 6) is 0.136. The van der Waals surface area contributed by atoms with Gasteiger partial charge in [-0.2, -0.15) is 0 Å². The van der Waals surface area contributed by atoms with Gasteiger partial charge < -0.3 is 10.0 Å². The average molecular weight is 307 g/mol. The van der Waals surface area contributed by atoms with Crippen molar-refractivity contribution in [1.82, 2.24) is 4.90 Å². The number of rotatable bonds is 3. The lowest BCUT2D eigenvalue weighted by molar-refractivity contribution is -0.137. The summed E-state index contributed by atoms with van der Waals surface area (Å²) >= 11 is 1.71. The minimum atomic E-state index is -0.719. The Bertz CT molecular complexity index is 331. The molecule has 2 rings (SSSR count). The maximum Gasteiger partial charge on any atom is 0.305 e. The van der Waals surface area contributed by atoms with E-state index in [1.165, 1.54) is 38.5 Å². The summed E-state index contributed by atoms with van der Waals surface area (Å²) in [6.07, 6.45) is 7.86. The van der Waals surface area contributed by atoms with Gasteiger partial charge in [0.15, 0.2) is 5.17 Å². The summed E-state index contributed by atoms with van der Waals surface area (Å²) in [5.41, 5.74) is 0. The summed E-state index contributed by atoms with van der Waals surface area (Å²) in [6, 6.07) is 0.568. The molecule has 1 atom stereocenters. The minimum Gasteiger partial charge on any atom is -0.481 e. The number of aliphatic carboxylic acids is 1. The fourth-order valence-electron chi connectivity index (χ4n) is 2.61. The van der Waals surface area contributed by atoms with Gasteiger partial charge in [0.25, 0.3) is 0 Å². The van der Waals surface area contributed by atoms with Crippen LogP contribution in [0.15, 0.2) is 4.99 Å². The highest BCUT2D eigenvalue weighted by Gasteiger charge is 2.29. The predicted octanol–water partition coefficient (Wildman–Crippen LogP) is 3.01. The van der Waals surface area contributed by atoms with E-state index < -0.39 is 5.97 Å². The van der Waals surface area contributed by atoms with Crippen molar-refractivity contribution in [2.75, 3.05) is 12.8 Å². The second-order valence-electron chi connectivity index (χ2n) is 5.23. The zero-order chi connectivity index (χ0) is 13.0. The Morgan fingerprint density at radius 2 is 2.00 bits per heavy atom. The number of carboxylic acids is 1. The number of hydrogen-bond acceptors (Lipinski definition) is 3. The van der Waals surface area contributed by atoms with Crippen molar-refractivity contribution in [2.45, 2.75) is 57.0 Å². The van der Waals surface area contributed by atoms with Crippen LogP contribution in [0.5, 0.6) is 0 Å². The summed E-state index contributed by atoms with van der Waals surface area (Å²) in [4.78, 5) is 17.7. The van der Waals surface area contributed by atoms with Gasteiger partial charge in [0.2, 0.25) is 0 Å². The van der Waals surface area contributed by atoms with Gasteiger partial charge in [-0.1, -0.05) is 37.4 Å². The number of amidine groups is 1. The maximum atomic E-state index is 10.8. The molecular weight excluding hydrogens is 284 g/mol. The summed E-state index contributed by atoms with van der Waals surface area (Å²) in [5, 5.41) is 9.91. The molecule has 1 N–H and O–H groups in total. The SMILES string of the molecule is CN1C(=NC2CCCCCC2)SCC1CC(=O)O.Cl. The van der Waals surface area contributed by atoms with Gasteiger partial charge in [-0.3, -0.25) is 9.79 Å². The maximum absolute atomic E-state index is 10.8. The molecule has 1 heterocycles. The van der Waals surface area contributed by atoms with E-state index in [1.54, 1.807) is 11.8 Å². The van der Waals surface area contributed by atoms with Crippen molar-refractivity contribution >= 4 is 35.3 Å². The number of carboxylic acid groups (broad SMARTS) is 1. The standard InChI is InChI=1S/C13H22N2O2S.ClH/c1-15-11(8-12(16)17)9-18-13(15)14-10-6-4-2-3-5-7-10;/h10-11H,2-9H2,1H3,(H,16,17);1H. The second-order valence-corrected chi connectivity index (χ2v) is 6.22. The van der Waals surface area contributed by atoms with Crippen LogP contribution in [0.1, 0.15) is 44.9 Å². The Hall–Kier alpha value is -0.420. The van der Waals surface area contributed by atoms with Gasteiger partial charge in [0.05, 0.1) is 18.5 Å². The molecule has 0 spiro atoms. The molecule has 0 radical (unpaired) electrons. The van der Waals surface area contributed by atoms with Crippen LogP contribution < -0.4 is 0 Å². The molecule has 19 heavy (non-hydrogen) atoms. The molecule has 0 bridgehead atoms. The molecule has 1 saturated heterocycles. The van der Waals surface area contributed by atoms with Crippen LogP contribution in [-0.4, -0.2) is 46.0 Å². The molecule has 0 aromatic carbocycles. The van der Waals surface area contributed by atoms with Gasteiger partial charge in [-0.25, -0.2) is 0 Å². The molecule has 6 heteroatoms. The number of nitrogens with zero attached hydrogens (tertiary/aromatic N) is 2. The average Bonchev–Trinajstić information content (AvgIpc) is 2.57. The summed E-state index contributed by atoms with van der Waals surface area (Å²) in [7, 11) is 1.98. The second kappa shape index (κ2) is 8.00. The molecule has 1 unspecified atom stereocenters.